The minimum absolute atomic E-state index is 1.89. The predicted octanol–water partition coefficient (Wildman–Crippen LogP) is 3.49. The van der Waals surface area contributed by atoms with E-state index in [0.717, 1.165) is 0 Å². The molecule has 0 heterocycles. The summed E-state index contributed by atoms with van der Waals surface area (Å²) in [5.74, 6) is -12.2. The normalized spacial score (nSPS) is 12.0. The van der Waals surface area contributed by atoms with Crippen molar-refractivity contribution in [2.24, 2.45) is 0 Å². The third-order valence-electron chi connectivity index (χ3n) is 1.68. The van der Waals surface area contributed by atoms with E-state index in [-0.39, 0.29) is 0 Å². The van der Waals surface area contributed by atoms with Gasteiger partial charge in [-0.2, -0.15) is 13.2 Å². The van der Waals surface area contributed by atoms with Crippen LogP contribution in [0.25, 0.3) is 0 Å². The molecule has 0 saturated heterocycles. The van der Waals surface area contributed by atoms with Gasteiger partial charge in [-0.3, -0.25) is 0 Å². The second-order valence-electron chi connectivity index (χ2n) is 2.84. The quantitative estimate of drug-likeness (QED) is 0.406. The molecule has 0 nitrogen and oxygen atoms in total. The van der Waals surface area contributed by atoms with Gasteiger partial charge in [0.25, 0.3) is 0 Å². The van der Waals surface area contributed by atoms with Crippen molar-refractivity contribution < 1.29 is 35.1 Å². The molecule has 8 heteroatoms. The zero-order valence-corrected chi connectivity index (χ0v) is 7.23. The second kappa shape index (κ2) is 3.91. The molecule has 0 unspecified atom stereocenters. The van der Waals surface area contributed by atoms with E-state index in [9.17, 15) is 35.1 Å². The maximum atomic E-state index is 12.7. The van der Waals surface area contributed by atoms with Gasteiger partial charge in [0.2, 0.25) is 5.82 Å². The fourth-order valence-electron chi connectivity index (χ4n) is 1.01. The lowest BCUT2D eigenvalue weighted by Gasteiger charge is -2.10. The lowest BCUT2D eigenvalue weighted by molar-refractivity contribution is -0.128. The van der Waals surface area contributed by atoms with E-state index in [1.165, 1.54) is 0 Å². The van der Waals surface area contributed by atoms with Gasteiger partial charge < -0.3 is 0 Å². The summed E-state index contributed by atoms with van der Waals surface area (Å²) >= 11 is 0. The first-order chi connectivity index (χ1) is 7.15. The molecule has 0 bridgehead atoms. The third-order valence-corrected chi connectivity index (χ3v) is 1.68. The maximum Gasteiger partial charge on any atom is 0.393 e. The molecule has 0 radical (unpaired) electrons. The van der Waals surface area contributed by atoms with E-state index in [2.05, 4.69) is 0 Å². The van der Waals surface area contributed by atoms with Crippen LogP contribution in [0.2, 0.25) is 0 Å². The van der Waals surface area contributed by atoms with E-state index in [4.69, 9.17) is 0 Å². The third kappa shape index (κ3) is 2.25. The lowest BCUT2D eigenvalue weighted by Crippen LogP contribution is -2.17. The Morgan fingerprint density at radius 3 is 1.25 bits per heavy atom. The molecule has 0 atom stereocenters. The SMILES string of the molecule is Fc1c(F)c(F)c(CC(F)(F)F)c(F)c1F. The van der Waals surface area contributed by atoms with E-state index in [0.29, 0.717) is 0 Å². The van der Waals surface area contributed by atoms with Gasteiger partial charge in [-0.25, -0.2) is 22.0 Å². The Kier molecular flexibility index (Phi) is 3.11. The zero-order chi connectivity index (χ0) is 12.7. The highest BCUT2D eigenvalue weighted by atomic mass is 19.4. The van der Waals surface area contributed by atoms with Crippen molar-refractivity contribution >= 4 is 0 Å². The van der Waals surface area contributed by atoms with Crippen molar-refractivity contribution in [1.29, 1.82) is 0 Å². The lowest BCUT2D eigenvalue weighted by atomic mass is 10.1. The van der Waals surface area contributed by atoms with Crippen LogP contribution < -0.4 is 0 Å². The average molecular weight is 250 g/mol. The highest BCUT2D eigenvalue weighted by Crippen LogP contribution is 2.28. The molecule has 1 aromatic rings. The predicted molar refractivity (Wildman–Crippen MR) is 36.0 cm³/mol. The number of rotatable bonds is 1. The molecule has 0 saturated carbocycles. The summed E-state index contributed by atoms with van der Waals surface area (Å²) in [6.07, 6.45) is -7.29. The first-order valence-electron chi connectivity index (χ1n) is 3.72. The first-order valence-corrected chi connectivity index (χ1v) is 3.72. The van der Waals surface area contributed by atoms with Crippen molar-refractivity contribution in [3.8, 4) is 0 Å². The maximum absolute atomic E-state index is 12.7. The van der Waals surface area contributed by atoms with E-state index in [1.807, 2.05) is 0 Å². The molecular weight excluding hydrogens is 248 g/mol. The van der Waals surface area contributed by atoms with Crippen LogP contribution in [0.5, 0.6) is 0 Å². The molecular formula is C8H2F8. The molecule has 1 rings (SSSR count). The Morgan fingerprint density at radius 2 is 0.938 bits per heavy atom. The number of halogens is 8. The summed E-state index contributed by atoms with van der Waals surface area (Å²) in [7, 11) is 0. The molecule has 0 amide bonds. The summed E-state index contributed by atoms with van der Waals surface area (Å²) in [5.41, 5.74) is -1.89. The van der Waals surface area contributed by atoms with Crippen molar-refractivity contribution in [2.75, 3.05) is 0 Å². The van der Waals surface area contributed by atoms with Gasteiger partial charge >= 0.3 is 6.18 Å². The Morgan fingerprint density at radius 1 is 0.625 bits per heavy atom. The number of benzene rings is 1. The van der Waals surface area contributed by atoms with Gasteiger partial charge in [-0.05, 0) is 0 Å². The average Bonchev–Trinajstić information content (AvgIpc) is 2.17. The molecule has 16 heavy (non-hydrogen) atoms. The van der Waals surface area contributed by atoms with Crippen LogP contribution in [0.4, 0.5) is 35.1 Å². The van der Waals surface area contributed by atoms with Crippen LogP contribution in [-0.4, -0.2) is 6.18 Å². The van der Waals surface area contributed by atoms with Gasteiger partial charge in [0.1, 0.15) is 0 Å². The van der Waals surface area contributed by atoms with Crippen LogP contribution in [0.1, 0.15) is 5.56 Å². The Bertz CT molecular complexity index is 390. The minimum atomic E-state index is -5.07. The van der Waals surface area contributed by atoms with Gasteiger partial charge in [0, 0.05) is 5.56 Å². The van der Waals surface area contributed by atoms with Crippen molar-refractivity contribution in [1.82, 2.24) is 0 Å². The zero-order valence-electron chi connectivity index (χ0n) is 7.23. The standard InChI is InChI=1S/C8H2F8/c9-3-2(1-8(14,15)16)4(10)6(12)7(13)5(3)11/h1H2. The van der Waals surface area contributed by atoms with Gasteiger partial charge in [0.15, 0.2) is 23.3 Å². The summed E-state index contributed by atoms with van der Waals surface area (Å²) in [5, 5.41) is 0. The summed E-state index contributed by atoms with van der Waals surface area (Å²) in [4.78, 5) is 0. The molecule has 0 N–H and O–H groups in total. The van der Waals surface area contributed by atoms with Crippen LogP contribution in [0.15, 0.2) is 0 Å². The van der Waals surface area contributed by atoms with Crippen LogP contribution in [0.3, 0.4) is 0 Å². The molecule has 90 valence electrons. The molecule has 0 aliphatic rings. The van der Waals surface area contributed by atoms with Gasteiger partial charge in [0.05, 0.1) is 6.42 Å². The van der Waals surface area contributed by atoms with Crippen LogP contribution in [-0.2, 0) is 6.42 Å². The second-order valence-corrected chi connectivity index (χ2v) is 2.84. The molecule has 0 aliphatic carbocycles. The number of hydrogen-bond acceptors (Lipinski definition) is 0. The summed E-state index contributed by atoms with van der Waals surface area (Å²) < 4.78 is 98.1. The Hall–Kier alpha value is -1.34. The Labute approximate surface area is 83.5 Å². The number of alkyl halides is 3. The summed E-state index contributed by atoms with van der Waals surface area (Å²) in [6.45, 7) is 0. The first kappa shape index (κ1) is 12.7. The van der Waals surface area contributed by atoms with Crippen LogP contribution >= 0.6 is 0 Å². The van der Waals surface area contributed by atoms with Gasteiger partial charge in [-0.1, -0.05) is 0 Å². The van der Waals surface area contributed by atoms with Gasteiger partial charge in [-0.15, -0.1) is 0 Å². The molecule has 0 spiro atoms. The molecule has 1 aromatic carbocycles. The van der Waals surface area contributed by atoms with Crippen molar-refractivity contribution in [2.45, 2.75) is 12.6 Å². The molecule has 0 aliphatic heterocycles. The van der Waals surface area contributed by atoms with Crippen molar-refractivity contribution in [3.63, 3.8) is 0 Å². The highest BCUT2D eigenvalue weighted by Gasteiger charge is 2.35. The Balaban J connectivity index is 3.40. The fourth-order valence-corrected chi connectivity index (χ4v) is 1.01. The van der Waals surface area contributed by atoms with E-state index < -0.39 is 47.2 Å². The topological polar surface area (TPSA) is 0 Å². The van der Waals surface area contributed by atoms with E-state index in [1.54, 1.807) is 0 Å². The monoisotopic (exact) mass is 250 g/mol. The van der Waals surface area contributed by atoms with E-state index >= 15 is 0 Å². The number of hydrogen-bond donors (Lipinski definition) is 0. The summed E-state index contributed by atoms with van der Waals surface area (Å²) in [6, 6.07) is 0. The highest BCUT2D eigenvalue weighted by molar-refractivity contribution is 5.24. The fraction of sp³-hybridized carbons (Fsp3) is 0.250. The minimum Gasteiger partial charge on any atom is -0.203 e. The van der Waals surface area contributed by atoms with Crippen molar-refractivity contribution in [3.05, 3.63) is 34.6 Å². The molecule has 0 aromatic heterocycles. The van der Waals surface area contributed by atoms with Crippen LogP contribution in [0, 0.1) is 29.1 Å². The largest absolute Gasteiger partial charge is 0.393 e. The molecule has 0 fully saturated rings. The smallest absolute Gasteiger partial charge is 0.203 e.